The summed E-state index contributed by atoms with van der Waals surface area (Å²) in [6.45, 7) is 9.76. The second kappa shape index (κ2) is 12.1. The maximum absolute atomic E-state index is 12.1. The highest BCUT2D eigenvalue weighted by Gasteiger charge is 2.34. The minimum absolute atomic E-state index is 0.252. The molecule has 0 radical (unpaired) electrons. The van der Waals surface area contributed by atoms with Gasteiger partial charge in [0.25, 0.3) is 0 Å². The van der Waals surface area contributed by atoms with Crippen molar-refractivity contribution >= 4 is 20.4 Å². The van der Waals surface area contributed by atoms with Crippen LogP contribution >= 0.6 is 0 Å². The summed E-state index contributed by atoms with van der Waals surface area (Å²) in [5.74, 6) is -0.357. The quantitative estimate of drug-likeness (QED) is 0.288. The largest absolute Gasteiger partial charge is 0.465 e. The molecule has 1 fully saturated rings. The number of amides is 1. The molecule has 31 heavy (non-hydrogen) atoms. The molecule has 1 atom stereocenters. The van der Waals surface area contributed by atoms with Crippen LogP contribution in [0.3, 0.4) is 0 Å². The first-order valence-electron chi connectivity index (χ1n) is 11.4. The molecule has 0 bridgehead atoms. The summed E-state index contributed by atoms with van der Waals surface area (Å²) in [5, 5.41) is 0. The first-order valence-corrected chi connectivity index (χ1v) is 14.0. The third-order valence-electron chi connectivity index (χ3n) is 6.21. The standard InChI is InChI=1S/C24H37NO5Si/c1-6-10-11-21(18-25-16-17-29-24(25)27)22(30-31(7-2,8-3)9-4)19-12-14-20(15-13-19)23(26)28-5/h12-15,18,22H,6-11,16-17H2,1-5H3/b21-18+. The molecule has 0 spiro atoms. The van der Waals surface area contributed by atoms with Crippen LogP contribution in [0.2, 0.25) is 18.1 Å². The van der Waals surface area contributed by atoms with E-state index in [1.165, 1.54) is 7.11 Å². The molecule has 2 rings (SSSR count). The number of cyclic esters (lactones) is 1. The monoisotopic (exact) mass is 447 g/mol. The lowest BCUT2D eigenvalue weighted by molar-refractivity contribution is 0.0600. The zero-order valence-corrected chi connectivity index (χ0v) is 20.6. The smallest absolute Gasteiger partial charge is 0.413 e. The number of nitrogens with zero attached hydrogens (tertiary/aromatic N) is 1. The van der Waals surface area contributed by atoms with E-state index in [4.69, 9.17) is 13.9 Å². The number of ether oxygens (including phenoxy) is 2. The van der Waals surface area contributed by atoms with Crippen molar-refractivity contribution < 1.29 is 23.5 Å². The molecule has 1 aromatic rings. The average molecular weight is 448 g/mol. The van der Waals surface area contributed by atoms with Crippen LogP contribution in [0.1, 0.15) is 69.0 Å². The molecule has 6 nitrogen and oxygen atoms in total. The minimum atomic E-state index is -1.95. The van der Waals surface area contributed by atoms with Gasteiger partial charge in [0.15, 0.2) is 8.32 Å². The third kappa shape index (κ3) is 6.43. The molecule has 1 unspecified atom stereocenters. The first-order chi connectivity index (χ1) is 14.9. The predicted molar refractivity (Wildman–Crippen MR) is 124 cm³/mol. The number of hydrogen-bond acceptors (Lipinski definition) is 5. The summed E-state index contributed by atoms with van der Waals surface area (Å²) in [7, 11) is -0.566. The van der Waals surface area contributed by atoms with E-state index in [2.05, 4.69) is 27.7 Å². The Labute approximate surface area is 187 Å². The summed E-state index contributed by atoms with van der Waals surface area (Å²) < 4.78 is 17.0. The number of carbonyl (C=O) groups excluding carboxylic acids is 2. The Morgan fingerprint density at radius 2 is 1.81 bits per heavy atom. The van der Waals surface area contributed by atoms with Gasteiger partial charge in [-0.1, -0.05) is 46.2 Å². The van der Waals surface area contributed by atoms with Gasteiger partial charge in [-0.15, -0.1) is 0 Å². The highest BCUT2D eigenvalue weighted by atomic mass is 28.4. The maximum Gasteiger partial charge on any atom is 0.413 e. The lowest BCUT2D eigenvalue weighted by Gasteiger charge is -2.35. The van der Waals surface area contributed by atoms with Gasteiger partial charge in [0, 0.05) is 6.20 Å². The molecular weight excluding hydrogens is 410 g/mol. The molecule has 0 aromatic heterocycles. The fraction of sp³-hybridized carbons (Fsp3) is 0.583. The molecule has 1 aromatic carbocycles. The van der Waals surface area contributed by atoms with Crippen LogP contribution in [0, 0.1) is 0 Å². The zero-order valence-electron chi connectivity index (χ0n) is 19.6. The topological polar surface area (TPSA) is 65.1 Å². The minimum Gasteiger partial charge on any atom is -0.465 e. The van der Waals surface area contributed by atoms with Gasteiger partial charge in [-0.3, -0.25) is 4.90 Å². The van der Waals surface area contributed by atoms with Crippen LogP contribution in [-0.4, -0.2) is 45.5 Å². The van der Waals surface area contributed by atoms with Crippen molar-refractivity contribution in [3.63, 3.8) is 0 Å². The van der Waals surface area contributed by atoms with E-state index < -0.39 is 8.32 Å². The van der Waals surface area contributed by atoms with Gasteiger partial charge in [0.2, 0.25) is 0 Å². The van der Waals surface area contributed by atoms with Crippen molar-refractivity contribution in [3.05, 3.63) is 47.2 Å². The van der Waals surface area contributed by atoms with Gasteiger partial charge in [-0.05, 0) is 54.2 Å². The second-order valence-corrected chi connectivity index (χ2v) is 12.7. The van der Waals surface area contributed by atoms with Crippen LogP contribution in [0.15, 0.2) is 36.0 Å². The molecule has 1 heterocycles. The maximum atomic E-state index is 12.1. The van der Waals surface area contributed by atoms with Crippen LogP contribution in [0.25, 0.3) is 0 Å². The van der Waals surface area contributed by atoms with Crippen molar-refractivity contribution in [2.24, 2.45) is 0 Å². The van der Waals surface area contributed by atoms with Gasteiger partial charge < -0.3 is 13.9 Å². The SMILES string of the molecule is CCCC/C(=C\N1CCOC1=O)C(O[Si](CC)(CC)CC)c1ccc(C(=O)OC)cc1. The van der Waals surface area contributed by atoms with Crippen molar-refractivity contribution in [1.29, 1.82) is 0 Å². The van der Waals surface area contributed by atoms with Gasteiger partial charge in [-0.2, -0.15) is 0 Å². The molecule has 1 amide bonds. The van der Waals surface area contributed by atoms with E-state index in [0.29, 0.717) is 18.7 Å². The fourth-order valence-electron chi connectivity index (χ4n) is 3.89. The Balaban J connectivity index is 2.50. The molecule has 0 aliphatic carbocycles. The second-order valence-electron chi connectivity index (χ2n) is 7.97. The number of esters is 1. The fourth-order valence-corrected chi connectivity index (χ4v) is 6.67. The molecule has 7 heteroatoms. The molecular formula is C24H37NO5Si. The number of benzene rings is 1. The first kappa shape index (κ1) is 25.1. The summed E-state index contributed by atoms with van der Waals surface area (Å²) in [4.78, 5) is 25.7. The van der Waals surface area contributed by atoms with Crippen molar-refractivity contribution in [2.45, 2.75) is 71.2 Å². The molecule has 1 aliphatic rings. The Hall–Kier alpha value is -2.12. The predicted octanol–water partition coefficient (Wildman–Crippen LogP) is 6.06. The Kier molecular flexibility index (Phi) is 9.77. The van der Waals surface area contributed by atoms with E-state index in [1.54, 1.807) is 17.0 Å². The third-order valence-corrected chi connectivity index (χ3v) is 10.8. The van der Waals surface area contributed by atoms with Crippen molar-refractivity contribution in [2.75, 3.05) is 20.3 Å². The summed E-state index contributed by atoms with van der Waals surface area (Å²) in [6.07, 6.45) is 4.27. The molecule has 0 N–H and O–H groups in total. The number of hydrogen-bond donors (Lipinski definition) is 0. The zero-order chi connectivity index (χ0) is 22.9. The van der Waals surface area contributed by atoms with E-state index in [-0.39, 0.29) is 18.2 Å². The highest BCUT2D eigenvalue weighted by molar-refractivity contribution is 6.73. The molecule has 0 saturated carbocycles. The molecule has 172 valence electrons. The van der Waals surface area contributed by atoms with Crippen LogP contribution < -0.4 is 0 Å². The van der Waals surface area contributed by atoms with Crippen LogP contribution in [0.5, 0.6) is 0 Å². The number of rotatable bonds is 12. The summed E-state index contributed by atoms with van der Waals surface area (Å²) in [5.41, 5.74) is 2.59. The molecule has 1 aliphatic heterocycles. The number of methoxy groups -OCH3 is 1. The van der Waals surface area contributed by atoms with Gasteiger partial charge in [0.05, 0.1) is 25.3 Å². The highest BCUT2D eigenvalue weighted by Crippen LogP contribution is 2.37. The lowest BCUT2D eigenvalue weighted by Crippen LogP contribution is -2.38. The lowest BCUT2D eigenvalue weighted by atomic mass is 9.97. The van der Waals surface area contributed by atoms with Crippen LogP contribution in [-0.2, 0) is 13.9 Å². The number of carbonyl (C=O) groups is 2. The van der Waals surface area contributed by atoms with E-state index in [0.717, 1.165) is 48.5 Å². The van der Waals surface area contributed by atoms with Gasteiger partial charge in [-0.25, -0.2) is 9.59 Å². The Morgan fingerprint density at radius 1 is 1.16 bits per heavy atom. The Bertz CT molecular complexity index is 749. The van der Waals surface area contributed by atoms with E-state index in [1.807, 2.05) is 18.3 Å². The summed E-state index contributed by atoms with van der Waals surface area (Å²) >= 11 is 0. The van der Waals surface area contributed by atoms with Crippen molar-refractivity contribution in [3.8, 4) is 0 Å². The van der Waals surface area contributed by atoms with Crippen molar-refractivity contribution in [1.82, 2.24) is 4.90 Å². The normalized spacial score (nSPS) is 15.7. The number of unbranched alkanes of at least 4 members (excludes halogenated alkanes) is 1. The van der Waals surface area contributed by atoms with E-state index in [9.17, 15) is 9.59 Å². The van der Waals surface area contributed by atoms with Gasteiger partial charge in [0.1, 0.15) is 6.61 Å². The summed E-state index contributed by atoms with van der Waals surface area (Å²) in [6, 6.07) is 10.5. The van der Waals surface area contributed by atoms with Gasteiger partial charge >= 0.3 is 12.1 Å². The molecule has 1 saturated heterocycles. The van der Waals surface area contributed by atoms with Crippen LogP contribution in [0.4, 0.5) is 4.79 Å². The Morgan fingerprint density at radius 3 is 2.29 bits per heavy atom. The average Bonchev–Trinajstić information content (AvgIpc) is 3.22. The van der Waals surface area contributed by atoms with E-state index >= 15 is 0 Å².